The number of carbonyl (C=O) groups excluding carboxylic acids is 1. The molecule has 5 heteroatoms. The Morgan fingerprint density at radius 2 is 1.97 bits per heavy atom. The largest absolute Gasteiger partial charge is 0.463 e. The van der Waals surface area contributed by atoms with Gasteiger partial charge in [0, 0.05) is 17.3 Å². The Kier molecular flexibility index (Phi) is 7.16. The van der Waals surface area contributed by atoms with Crippen molar-refractivity contribution in [1.29, 1.82) is 0 Å². The average Bonchev–Trinajstić information content (AvgIpc) is 3.40. The Morgan fingerprint density at radius 1 is 1.18 bits per heavy atom. The van der Waals surface area contributed by atoms with Crippen molar-refractivity contribution in [1.82, 2.24) is 4.98 Å². The number of unbranched alkanes of at least 4 members (excludes halogenated alkanes) is 5. The molecule has 0 bridgehead atoms. The molecule has 0 aliphatic heterocycles. The SMILES string of the molecule is CCCCCCCCC1C=CC(Oc2ccc(C(=O)OC)o2)=c2[nH]c3c(c21)CCC(C)(C)C=3. The van der Waals surface area contributed by atoms with Crippen LogP contribution in [0, 0.1) is 5.41 Å². The normalized spacial score (nSPS) is 18.4. The van der Waals surface area contributed by atoms with E-state index in [1.165, 1.54) is 62.1 Å². The summed E-state index contributed by atoms with van der Waals surface area (Å²) in [6.45, 7) is 6.84. The third-order valence-electron chi connectivity index (χ3n) is 6.88. The summed E-state index contributed by atoms with van der Waals surface area (Å²) in [6.07, 6.45) is 17.9. The molecule has 0 amide bonds. The molecule has 178 valence electrons. The Bertz CT molecular complexity index is 1130. The number of esters is 1. The first-order valence-corrected chi connectivity index (χ1v) is 12.4. The van der Waals surface area contributed by atoms with E-state index in [0.29, 0.717) is 5.92 Å². The van der Waals surface area contributed by atoms with Gasteiger partial charge in [-0.1, -0.05) is 71.4 Å². The maximum absolute atomic E-state index is 11.7. The van der Waals surface area contributed by atoms with Crippen LogP contribution in [0.4, 0.5) is 0 Å². The van der Waals surface area contributed by atoms with E-state index in [1.54, 1.807) is 12.1 Å². The van der Waals surface area contributed by atoms with Crippen LogP contribution in [0.5, 0.6) is 5.95 Å². The van der Waals surface area contributed by atoms with Gasteiger partial charge in [-0.05, 0) is 47.9 Å². The molecular weight excluding hydrogens is 414 g/mol. The van der Waals surface area contributed by atoms with E-state index in [4.69, 9.17) is 13.9 Å². The van der Waals surface area contributed by atoms with Crippen molar-refractivity contribution < 1.29 is 18.7 Å². The van der Waals surface area contributed by atoms with Crippen molar-refractivity contribution in [3.63, 3.8) is 0 Å². The highest BCUT2D eigenvalue weighted by molar-refractivity contribution is 5.86. The Morgan fingerprint density at radius 3 is 2.76 bits per heavy atom. The fourth-order valence-corrected chi connectivity index (χ4v) is 5.03. The summed E-state index contributed by atoms with van der Waals surface area (Å²) in [5.74, 6) is 1.04. The van der Waals surface area contributed by atoms with Gasteiger partial charge in [0.25, 0.3) is 5.95 Å². The minimum Gasteiger partial charge on any atom is -0.463 e. The van der Waals surface area contributed by atoms with Crippen LogP contribution in [0.25, 0.3) is 11.8 Å². The van der Waals surface area contributed by atoms with Crippen LogP contribution in [0.15, 0.2) is 28.7 Å². The van der Waals surface area contributed by atoms with E-state index < -0.39 is 5.97 Å². The van der Waals surface area contributed by atoms with Crippen LogP contribution in [0.1, 0.15) is 99.7 Å². The van der Waals surface area contributed by atoms with Gasteiger partial charge in [-0.25, -0.2) is 4.79 Å². The molecule has 2 aromatic heterocycles. The third kappa shape index (κ3) is 5.29. The predicted octanol–water partition coefficient (Wildman–Crippen LogP) is 5.74. The first-order chi connectivity index (χ1) is 15.9. The van der Waals surface area contributed by atoms with Gasteiger partial charge in [-0.2, -0.15) is 0 Å². The zero-order valence-electron chi connectivity index (χ0n) is 20.5. The first-order valence-electron chi connectivity index (χ1n) is 12.4. The van der Waals surface area contributed by atoms with Crippen molar-refractivity contribution in [3.8, 4) is 5.95 Å². The molecule has 0 spiro atoms. The number of methoxy groups -OCH3 is 1. The van der Waals surface area contributed by atoms with E-state index in [-0.39, 0.29) is 17.1 Å². The van der Waals surface area contributed by atoms with E-state index >= 15 is 0 Å². The lowest BCUT2D eigenvalue weighted by Gasteiger charge is -2.25. The number of hydrogen-bond donors (Lipinski definition) is 1. The first kappa shape index (κ1) is 23.5. The molecule has 2 aromatic rings. The summed E-state index contributed by atoms with van der Waals surface area (Å²) in [6, 6.07) is 3.24. The number of rotatable bonds is 10. The highest BCUT2D eigenvalue weighted by Crippen LogP contribution is 2.33. The monoisotopic (exact) mass is 451 g/mol. The van der Waals surface area contributed by atoms with Gasteiger partial charge < -0.3 is 18.9 Å². The second kappa shape index (κ2) is 10.1. The van der Waals surface area contributed by atoms with Crippen molar-refractivity contribution in [2.45, 2.75) is 84.5 Å². The number of carbonyl (C=O) groups is 1. The fraction of sp³-hybridized carbons (Fsp3) is 0.536. The minimum atomic E-state index is -0.513. The lowest BCUT2D eigenvalue weighted by atomic mass is 9.79. The highest BCUT2D eigenvalue weighted by Gasteiger charge is 2.28. The third-order valence-corrected chi connectivity index (χ3v) is 6.88. The van der Waals surface area contributed by atoms with Crippen LogP contribution in [-0.2, 0) is 11.2 Å². The van der Waals surface area contributed by atoms with Gasteiger partial charge in [-0.15, -0.1) is 0 Å². The Balaban J connectivity index is 1.62. The van der Waals surface area contributed by atoms with Crippen molar-refractivity contribution in [3.05, 3.63) is 51.9 Å². The molecule has 1 atom stereocenters. The van der Waals surface area contributed by atoms with E-state index in [0.717, 1.165) is 30.4 Å². The van der Waals surface area contributed by atoms with E-state index in [1.807, 2.05) is 0 Å². The van der Waals surface area contributed by atoms with Crippen molar-refractivity contribution >= 4 is 17.8 Å². The molecule has 5 nitrogen and oxygen atoms in total. The second-order valence-electron chi connectivity index (χ2n) is 10.0. The molecule has 2 aliphatic carbocycles. The molecule has 2 heterocycles. The molecule has 0 saturated heterocycles. The van der Waals surface area contributed by atoms with Crippen LogP contribution >= 0.6 is 0 Å². The van der Waals surface area contributed by atoms with Gasteiger partial charge in [-0.3, -0.25) is 0 Å². The average molecular weight is 452 g/mol. The van der Waals surface area contributed by atoms with E-state index in [9.17, 15) is 4.79 Å². The zero-order valence-corrected chi connectivity index (χ0v) is 20.5. The van der Waals surface area contributed by atoms with Crippen LogP contribution in [-0.4, -0.2) is 18.1 Å². The summed E-state index contributed by atoms with van der Waals surface area (Å²) in [4.78, 5) is 15.4. The number of aromatic nitrogens is 1. The van der Waals surface area contributed by atoms with Gasteiger partial charge in [0.1, 0.15) is 0 Å². The molecule has 2 aliphatic rings. The molecule has 0 radical (unpaired) electrons. The van der Waals surface area contributed by atoms with Gasteiger partial charge in [0.15, 0.2) is 5.76 Å². The number of fused-ring (bicyclic) bond motifs is 3. The fourth-order valence-electron chi connectivity index (χ4n) is 5.03. The van der Waals surface area contributed by atoms with Crippen molar-refractivity contribution in [2.75, 3.05) is 7.11 Å². The second-order valence-corrected chi connectivity index (χ2v) is 10.0. The number of ether oxygens (including phenoxy) is 2. The van der Waals surface area contributed by atoms with Gasteiger partial charge >= 0.3 is 5.97 Å². The maximum atomic E-state index is 11.7. The molecule has 0 aromatic carbocycles. The van der Waals surface area contributed by atoms with Crippen LogP contribution in [0.3, 0.4) is 0 Å². The standard InChI is InChI=1S/C28H37NO4/c1-5-6-7-8-9-10-11-19-12-13-22(32-24-15-14-23(33-24)27(30)31-4)26-25(19)20-16-17-28(2,3)18-21(20)29-26/h12-15,18-19,29H,5-11,16-17H2,1-4H3. The molecule has 1 unspecified atom stereocenters. The smallest absolute Gasteiger partial charge is 0.374 e. The quantitative estimate of drug-likeness (QED) is 0.370. The molecule has 4 rings (SSSR count). The summed E-state index contributed by atoms with van der Waals surface area (Å²) in [7, 11) is 1.33. The summed E-state index contributed by atoms with van der Waals surface area (Å²) >= 11 is 0. The number of hydrogen-bond acceptors (Lipinski definition) is 4. The lowest BCUT2D eigenvalue weighted by molar-refractivity contribution is 0.0560. The van der Waals surface area contributed by atoms with Gasteiger partial charge in [0.05, 0.1) is 12.5 Å². The van der Waals surface area contributed by atoms with Crippen LogP contribution in [0.2, 0.25) is 0 Å². The summed E-state index contributed by atoms with van der Waals surface area (Å²) < 4.78 is 16.4. The summed E-state index contributed by atoms with van der Waals surface area (Å²) in [5, 5.41) is 2.27. The minimum absolute atomic E-state index is 0.134. The number of furan rings is 1. The van der Waals surface area contributed by atoms with Crippen molar-refractivity contribution in [2.24, 2.45) is 5.41 Å². The maximum Gasteiger partial charge on any atom is 0.374 e. The lowest BCUT2D eigenvalue weighted by Crippen LogP contribution is -2.24. The van der Waals surface area contributed by atoms with Crippen LogP contribution < -0.4 is 15.4 Å². The van der Waals surface area contributed by atoms with Gasteiger partial charge in [0.2, 0.25) is 5.76 Å². The Hall–Kier alpha value is -2.69. The number of H-pyrrole nitrogens is 1. The Labute approximate surface area is 196 Å². The number of nitrogens with one attached hydrogen (secondary N) is 1. The molecular formula is C28H37NO4. The topological polar surface area (TPSA) is 64.5 Å². The molecule has 33 heavy (non-hydrogen) atoms. The number of aromatic amines is 1. The number of allylic oxidation sites excluding steroid dienone is 1. The molecule has 1 N–H and O–H groups in total. The predicted molar refractivity (Wildman–Crippen MR) is 131 cm³/mol. The molecule has 0 fully saturated rings. The zero-order chi connectivity index (χ0) is 23.4. The van der Waals surface area contributed by atoms with E-state index in [2.05, 4.69) is 44.0 Å². The molecule has 0 saturated carbocycles. The summed E-state index contributed by atoms with van der Waals surface area (Å²) in [5.41, 5.74) is 2.99. The highest BCUT2D eigenvalue weighted by atomic mass is 16.6.